The molecule has 0 saturated heterocycles. The van der Waals surface area contributed by atoms with Crippen LogP contribution >= 0.6 is 0 Å². The van der Waals surface area contributed by atoms with Crippen molar-refractivity contribution in [3.63, 3.8) is 0 Å². The second-order valence-corrected chi connectivity index (χ2v) is 3.94. The highest BCUT2D eigenvalue weighted by Gasteiger charge is 2.10. The molecule has 8 nitrogen and oxygen atoms in total. The van der Waals surface area contributed by atoms with E-state index in [1.807, 2.05) is 0 Å². The highest BCUT2D eigenvalue weighted by Crippen LogP contribution is 1.94. The van der Waals surface area contributed by atoms with Crippen molar-refractivity contribution in [2.75, 3.05) is 0 Å². The zero-order valence-corrected chi connectivity index (χ0v) is 12.5. The number of carboxylic acids is 1. The Kier molecular flexibility index (Phi) is 10.8. The molecule has 2 N–H and O–H groups in total. The summed E-state index contributed by atoms with van der Waals surface area (Å²) in [7, 11) is 0. The van der Waals surface area contributed by atoms with Crippen molar-refractivity contribution in [3.8, 4) is 0 Å². The first-order chi connectivity index (χ1) is 9.97. The van der Waals surface area contributed by atoms with Gasteiger partial charge in [0.05, 0.1) is 0 Å². The second-order valence-electron chi connectivity index (χ2n) is 3.94. The van der Waals surface area contributed by atoms with Crippen molar-refractivity contribution < 1.29 is 38.9 Å². The van der Waals surface area contributed by atoms with Gasteiger partial charge in [-0.1, -0.05) is 13.2 Å². The van der Waals surface area contributed by atoms with Crippen molar-refractivity contribution in [3.05, 3.63) is 36.5 Å². The first-order valence-corrected chi connectivity index (χ1v) is 5.84. The van der Waals surface area contributed by atoms with Crippen molar-refractivity contribution in [2.45, 2.75) is 27.1 Å². The van der Waals surface area contributed by atoms with Gasteiger partial charge in [0.15, 0.2) is 6.29 Å². The number of carbonyl (C=O) groups is 4. The van der Waals surface area contributed by atoms with Crippen LogP contribution in [0.2, 0.25) is 0 Å². The van der Waals surface area contributed by atoms with Gasteiger partial charge in [-0.2, -0.15) is 0 Å². The Morgan fingerprint density at radius 1 is 1.14 bits per heavy atom. The van der Waals surface area contributed by atoms with Crippen molar-refractivity contribution >= 4 is 23.9 Å². The molecule has 22 heavy (non-hydrogen) atoms. The Morgan fingerprint density at radius 2 is 1.50 bits per heavy atom. The molecule has 0 saturated carbocycles. The normalized spacial score (nSPS) is 12.7. The topological polar surface area (TPSA) is 127 Å². The maximum absolute atomic E-state index is 10.5. The number of aliphatic carboxylic acids is 1. The fourth-order valence-electron chi connectivity index (χ4n) is 0.559. The average molecular weight is 314 g/mol. The molecule has 0 aromatic rings. The molecular weight excluding hydrogens is 296 g/mol. The third kappa shape index (κ3) is 13.7. The van der Waals surface area contributed by atoms with Gasteiger partial charge in [-0.05, 0) is 20.8 Å². The molecule has 0 bridgehead atoms. The molecule has 0 aliphatic carbocycles. The lowest BCUT2D eigenvalue weighted by Gasteiger charge is -2.04. The van der Waals surface area contributed by atoms with Crippen LogP contribution in [0, 0.1) is 0 Å². The van der Waals surface area contributed by atoms with Gasteiger partial charge >= 0.3 is 23.9 Å². The molecule has 1 unspecified atom stereocenters. The van der Waals surface area contributed by atoms with Crippen LogP contribution in [0.1, 0.15) is 20.8 Å². The Labute approximate surface area is 127 Å². The van der Waals surface area contributed by atoms with Crippen LogP contribution in [0.3, 0.4) is 0 Å². The van der Waals surface area contributed by atoms with Gasteiger partial charge in [0.2, 0.25) is 0 Å². The molecule has 1 aliphatic heterocycles. The van der Waals surface area contributed by atoms with Crippen molar-refractivity contribution in [1.29, 1.82) is 0 Å². The van der Waals surface area contributed by atoms with Gasteiger partial charge in [0.25, 0.3) is 0 Å². The van der Waals surface area contributed by atoms with Crippen molar-refractivity contribution in [1.82, 2.24) is 0 Å². The summed E-state index contributed by atoms with van der Waals surface area (Å²) in [6, 6.07) is 0. The SMILES string of the molecule is C=C(C)C(=O)O.C=C(C)C(=O)OC(C)O.O=C1C=CC(=O)O1. The van der Waals surface area contributed by atoms with E-state index in [-0.39, 0.29) is 11.1 Å². The highest BCUT2D eigenvalue weighted by molar-refractivity contribution is 6.04. The fourth-order valence-corrected chi connectivity index (χ4v) is 0.559. The maximum atomic E-state index is 10.5. The quantitative estimate of drug-likeness (QED) is 0.337. The number of carboxylic acid groups (broad SMARTS) is 1. The zero-order chi connectivity index (χ0) is 17.9. The summed E-state index contributed by atoms with van der Waals surface area (Å²) in [5.74, 6) is -2.66. The molecule has 8 heteroatoms. The van der Waals surface area contributed by atoms with Crippen molar-refractivity contribution in [2.24, 2.45) is 0 Å². The number of hydrogen-bond acceptors (Lipinski definition) is 7. The van der Waals surface area contributed by atoms with Crippen LogP contribution in [0.15, 0.2) is 36.5 Å². The van der Waals surface area contributed by atoms with E-state index >= 15 is 0 Å². The predicted molar refractivity (Wildman–Crippen MR) is 75.3 cm³/mol. The second kappa shape index (κ2) is 11.0. The molecule has 0 fully saturated rings. The molecule has 122 valence electrons. The van der Waals surface area contributed by atoms with Crippen LogP contribution in [0.25, 0.3) is 0 Å². The fraction of sp³-hybridized carbons (Fsp3) is 0.286. The number of carbonyl (C=O) groups excluding carboxylic acids is 3. The van der Waals surface area contributed by atoms with Gasteiger partial charge < -0.3 is 19.7 Å². The third-order valence-electron chi connectivity index (χ3n) is 1.55. The van der Waals surface area contributed by atoms with Gasteiger partial charge in [0, 0.05) is 23.3 Å². The Balaban J connectivity index is 0. The molecule has 1 heterocycles. The lowest BCUT2D eigenvalue weighted by molar-refractivity contribution is -0.159. The summed E-state index contributed by atoms with van der Waals surface area (Å²) in [6.07, 6.45) is 1.12. The average Bonchev–Trinajstić information content (AvgIpc) is 2.73. The van der Waals surface area contributed by atoms with Crippen LogP contribution in [-0.4, -0.2) is 40.4 Å². The Morgan fingerprint density at radius 3 is 1.59 bits per heavy atom. The Bertz CT molecular complexity index is 471. The van der Waals surface area contributed by atoms with Crippen LogP contribution in [0.4, 0.5) is 0 Å². The molecule has 1 rings (SSSR count). The van der Waals surface area contributed by atoms with Crippen LogP contribution < -0.4 is 0 Å². The molecule has 0 aromatic heterocycles. The highest BCUT2D eigenvalue weighted by atomic mass is 16.6. The minimum absolute atomic E-state index is 0.176. The van der Waals surface area contributed by atoms with E-state index < -0.39 is 30.2 Å². The molecular formula is C14H18O8. The van der Waals surface area contributed by atoms with Gasteiger partial charge in [0.1, 0.15) is 0 Å². The molecule has 1 atom stereocenters. The standard InChI is InChI=1S/C6H10O3.C4H2O3.C4H6O2/c1-4(2)6(8)9-5(3)7;5-3-1-2-4(6)7-3;1-3(2)4(5)6/h5,7H,1H2,2-3H3;1-2H;1H2,2H3,(H,5,6). The van der Waals surface area contributed by atoms with E-state index in [0.29, 0.717) is 0 Å². The number of esters is 3. The van der Waals surface area contributed by atoms with E-state index in [4.69, 9.17) is 10.2 Å². The number of rotatable bonds is 3. The first-order valence-electron chi connectivity index (χ1n) is 5.84. The maximum Gasteiger partial charge on any atom is 0.338 e. The summed E-state index contributed by atoms with van der Waals surface area (Å²) < 4.78 is 8.30. The van der Waals surface area contributed by atoms with Crippen LogP contribution in [-0.2, 0) is 28.7 Å². The summed E-state index contributed by atoms with van der Waals surface area (Å²) in [5, 5.41) is 16.4. The molecule has 0 amide bonds. The summed E-state index contributed by atoms with van der Waals surface area (Å²) in [5.41, 5.74) is 0.464. The number of aliphatic hydroxyl groups is 1. The monoisotopic (exact) mass is 314 g/mol. The predicted octanol–water partition coefficient (Wildman–Crippen LogP) is 0.717. The van der Waals surface area contributed by atoms with E-state index in [0.717, 1.165) is 12.2 Å². The lowest BCUT2D eigenvalue weighted by Crippen LogP contribution is -2.13. The molecule has 0 radical (unpaired) electrons. The Hall–Kier alpha value is -2.74. The zero-order valence-electron chi connectivity index (χ0n) is 12.5. The van der Waals surface area contributed by atoms with Gasteiger partial charge in [-0.3, -0.25) is 0 Å². The van der Waals surface area contributed by atoms with Gasteiger partial charge in [-0.15, -0.1) is 0 Å². The van der Waals surface area contributed by atoms with E-state index in [9.17, 15) is 19.2 Å². The number of aliphatic hydroxyl groups excluding tert-OH is 1. The first kappa shape index (κ1) is 21.6. The molecule has 1 aliphatic rings. The smallest absolute Gasteiger partial charge is 0.338 e. The summed E-state index contributed by atoms with van der Waals surface area (Å²) in [6.45, 7) is 10.8. The lowest BCUT2D eigenvalue weighted by atomic mass is 10.4. The van der Waals surface area contributed by atoms with E-state index in [1.54, 1.807) is 0 Å². The minimum atomic E-state index is -1.05. The van der Waals surface area contributed by atoms with Crippen LogP contribution in [0.5, 0.6) is 0 Å². The molecule has 0 spiro atoms. The van der Waals surface area contributed by atoms with Gasteiger partial charge in [-0.25, -0.2) is 19.2 Å². The minimum Gasteiger partial charge on any atom is -0.478 e. The number of cyclic esters (lactones) is 2. The van der Waals surface area contributed by atoms with E-state index in [1.165, 1.54) is 20.8 Å². The van der Waals surface area contributed by atoms with E-state index in [2.05, 4.69) is 22.6 Å². The molecule has 0 aromatic carbocycles. The summed E-state index contributed by atoms with van der Waals surface area (Å²) >= 11 is 0. The number of hydrogen-bond donors (Lipinski definition) is 2. The largest absolute Gasteiger partial charge is 0.478 e. The third-order valence-corrected chi connectivity index (χ3v) is 1.55. The number of ether oxygens (including phenoxy) is 2. The summed E-state index contributed by atoms with van der Waals surface area (Å²) in [4.78, 5) is 39.9.